The smallest absolute Gasteiger partial charge is 0.337 e. The van der Waals surface area contributed by atoms with Crippen LogP contribution in [0.1, 0.15) is 41.4 Å². The van der Waals surface area contributed by atoms with Crippen molar-refractivity contribution in [1.29, 1.82) is 0 Å². The van der Waals surface area contributed by atoms with Crippen molar-refractivity contribution in [2.45, 2.75) is 26.3 Å². The Balaban J connectivity index is 1.95. The van der Waals surface area contributed by atoms with E-state index in [-0.39, 0.29) is 18.6 Å². The third kappa shape index (κ3) is 5.48. The molecule has 0 heterocycles. The fourth-order valence-corrected chi connectivity index (χ4v) is 2.58. The number of ether oxygens (including phenoxy) is 3. The molecule has 2 aromatic rings. The van der Waals surface area contributed by atoms with E-state index in [4.69, 9.17) is 9.47 Å². The Morgan fingerprint density at radius 2 is 1.74 bits per heavy atom. The number of amides is 1. The third-order valence-electron chi connectivity index (χ3n) is 4.21. The van der Waals surface area contributed by atoms with E-state index in [2.05, 4.69) is 29.1 Å². The first-order valence-corrected chi connectivity index (χ1v) is 8.75. The van der Waals surface area contributed by atoms with Gasteiger partial charge in [0.2, 0.25) is 0 Å². The second kappa shape index (κ2) is 9.62. The molecular formula is C21H25NO5. The van der Waals surface area contributed by atoms with Gasteiger partial charge >= 0.3 is 5.97 Å². The van der Waals surface area contributed by atoms with Crippen LogP contribution in [-0.4, -0.2) is 32.7 Å². The van der Waals surface area contributed by atoms with E-state index >= 15 is 0 Å². The summed E-state index contributed by atoms with van der Waals surface area (Å²) in [6.07, 6.45) is 0.978. The average molecular weight is 371 g/mol. The topological polar surface area (TPSA) is 73.9 Å². The van der Waals surface area contributed by atoms with Crippen LogP contribution in [0, 0.1) is 0 Å². The molecule has 0 saturated carbocycles. The van der Waals surface area contributed by atoms with E-state index in [9.17, 15) is 9.59 Å². The van der Waals surface area contributed by atoms with E-state index in [0.29, 0.717) is 17.1 Å². The summed E-state index contributed by atoms with van der Waals surface area (Å²) in [6, 6.07) is 12.7. The van der Waals surface area contributed by atoms with Crippen molar-refractivity contribution in [1.82, 2.24) is 5.32 Å². The third-order valence-corrected chi connectivity index (χ3v) is 4.21. The number of carbonyl (C=O) groups excluding carboxylic acids is 2. The molecular weight excluding hydrogens is 346 g/mol. The van der Waals surface area contributed by atoms with Gasteiger partial charge in [-0.3, -0.25) is 4.79 Å². The van der Waals surface area contributed by atoms with Crippen molar-refractivity contribution >= 4 is 11.9 Å². The van der Waals surface area contributed by atoms with Crippen LogP contribution in [0.5, 0.6) is 11.5 Å². The highest BCUT2D eigenvalue weighted by molar-refractivity contribution is 5.90. The number of aryl methyl sites for hydroxylation is 1. The van der Waals surface area contributed by atoms with Crippen LogP contribution >= 0.6 is 0 Å². The Kier molecular flexibility index (Phi) is 7.23. The number of hydrogen-bond donors (Lipinski definition) is 1. The van der Waals surface area contributed by atoms with Crippen LogP contribution in [0.25, 0.3) is 0 Å². The summed E-state index contributed by atoms with van der Waals surface area (Å²) >= 11 is 0. The van der Waals surface area contributed by atoms with Gasteiger partial charge in [0, 0.05) is 0 Å². The molecule has 0 unspecified atom stereocenters. The fourth-order valence-electron chi connectivity index (χ4n) is 2.58. The molecule has 6 heteroatoms. The molecule has 0 fully saturated rings. The van der Waals surface area contributed by atoms with Crippen molar-refractivity contribution in [3.8, 4) is 11.5 Å². The summed E-state index contributed by atoms with van der Waals surface area (Å²) in [5, 5.41) is 2.90. The van der Waals surface area contributed by atoms with Crippen LogP contribution in [0.4, 0.5) is 0 Å². The van der Waals surface area contributed by atoms with Gasteiger partial charge < -0.3 is 19.5 Å². The number of rotatable bonds is 8. The predicted octanol–water partition coefficient (Wildman–Crippen LogP) is 3.30. The van der Waals surface area contributed by atoms with Gasteiger partial charge in [-0.05, 0) is 42.7 Å². The van der Waals surface area contributed by atoms with Crippen LogP contribution in [-0.2, 0) is 16.0 Å². The Hall–Kier alpha value is -3.02. The first-order chi connectivity index (χ1) is 13.0. The zero-order chi connectivity index (χ0) is 19.8. The van der Waals surface area contributed by atoms with Crippen LogP contribution in [0.15, 0.2) is 42.5 Å². The molecule has 1 N–H and O–H groups in total. The second-order valence-electron chi connectivity index (χ2n) is 6.03. The molecule has 0 aromatic heterocycles. The number of carbonyl (C=O) groups is 2. The first kappa shape index (κ1) is 20.3. The summed E-state index contributed by atoms with van der Waals surface area (Å²) in [5.74, 6) is 0.0100. The van der Waals surface area contributed by atoms with Crippen molar-refractivity contribution in [3.63, 3.8) is 0 Å². The van der Waals surface area contributed by atoms with Gasteiger partial charge in [-0.1, -0.05) is 31.2 Å². The first-order valence-electron chi connectivity index (χ1n) is 8.75. The molecule has 0 aliphatic heterocycles. The standard InChI is InChI=1S/C21H25NO5/c1-5-15-6-8-16(9-7-15)14(2)22-20(23)13-27-18-11-10-17(21(24)26-4)12-19(18)25-3/h6-12,14H,5,13H2,1-4H3,(H,22,23)/t14-/m0/s1. The maximum absolute atomic E-state index is 12.2. The summed E-state index contributed by atoms with van der Waals surface area (Å²) in [7, 11) is 2.77. The lowest BCUT2D eigenvalue weighted by molar-refractivity contribution is -0.123. The number of methoxy groups -OCH3 is 2. The fraction of sp³-hybridized carbons (Fsp3) is 0.333. The van der Waals surface area contributed by atoms with Crippen molar-refractivity contribution in [3.05, 3.63) is 59.2 Å². The zero-order valence-corrected chi connectivity index (χ0v) is 16.1. The molecule has 0 bridgehead atoms. The van der Waals surface area contributed by atoms with E-state index in [0.717, 1.165) is 12.0 Å². The van der Waals surface area contributed by atoms with Gasteiger partial charge in [-0.15, -0.1) is 0 Å². The zero-order valence-electron chi connectivity index (χ0n) is 16.1. The van der Waals surface area contributed by atoms with E-state index < -0.39 is 5.97 Å². The van der Waals surface area contributed by atoms with E-state index in [1.165, 1.54) is 25.8 Å². The highest BCUT2D eigenvalue weighted by atomic mass is 16.5. The molecule has 0 spiro atoms. The van der Waals surface area contributed by atoms with Gasteiger partial charge in [0.15, 0.2) is 18.1 Å². The lowest BCUT2D eigenvalue weighted by Crippen LogP contribution is -2.31. The molecule has 1 atom stereocenters. The average Bonchev–Trinajstić information content (AvgIpc) is 2.71. The highest BCUT2D eigenvalue weighted by Crippen LogP contribution is 2.28. The molecule has 0 aliphatic rings. The highest BCUT2D eigenvalue weighted by Gasteiger charge is 2.14. The van der Waals surface area contributed by atoms with Crippen LogP contribution in [0.3, 0.4) is 0 Å². The van der Waals surface area contributed by atoms with Gasteiger partial charge in [-0.2, -0.15) is 0 Å². The van der Waals surface area contributed by atoms with Crippen molar-refractivity contribution < 1.29 is 23.8 Å². The monoisotopic (exact) mass is 371 g/mol. The Morgan fingerprint density at radius 1 is 1.04 bits per heavy atom. The normalized spacial score (nSPS) is 11.4. The maximum Gasteiger partial charge on any atom is 0.337 e. The summed E-state index contributed by atoms with van der Waals surface area (Å²) in [6.45, 7) is 3.86. The summed E-state index contributed by atoms with van der Waals surface area (Å²) in [5.41, 5.74) is 2.62. The van der Waals surface area contributed by atoms with E-state index in [1.807, 2.05) is 19.1 Å². The minimum atomic E-state index is -0.472. The lowest BCUT2D eigenvalue weighted by atomic mass is 10.1. The molecule has 0 saturated heterocycles. The van der Waals surface area contributed by atoms with Gasteiger partial charge in [-0.25, -0.2) is 4.79 Å². The summed E-state index contributed by atoms with van der Waals surface area (Å²) in [4.78, 5) is 23.8. The van der Waals surface area contributed by atoms with Crippen molar-refractivity contribution in [2.24, 2.45) is 0 Å². The Labute approximate surface area is 159 Å². The van der Waals surface area contributed by atoms with Crippen LogP contribution in [0.2, 0.25) is 0 Å². The minimum absolute atomic E-state index is 0.129. The molecule has 2 aromatic carbocycles. The quantitative estimate of drug-likeness (QED) is 0.721. The molecule has 2 rings (SSSR count). The van der Waals surface area contributed by atoms with Gasteiger partial charge in [0.25, 0.3) is 5.91 Å². The predicted molar refractivity (Wildman–Crippen MR) is 102 cm³/mol. The Bertz CT molecular complexity index is 786. The lowest BCUT2D eigenvalue weighted by Gasteiger charge is -2.16. The van der Waals surface area contributed by atoms with Gasteiger partial charge in [0.05, 0.1) is 25.8 Å². The molecule has 6 nitrogen and oxygen atoms in total. The number of hydrogen-bond acceptors (Lipinski definition) is 5. The largest absolute Gasteiger partial charge is 0.493 e. The van der Waals surface area contributed by atoms with Gasteiger partial charge in [0.1, 0.15) is 0 Å². The molecule has 1 amide bonds. The Morgan fingerprint density at radius 3 is 2.33 bits per heavy atom. The SMILES string of the molecule is CCc1ccc([C@H](C)NC(=O)COc2ccc(C(=O)OC)cc2OC)cc1. The van der Waals surface area contributed by atoms with E-state index in [1.54, 1.807) is 12.1 Å². The number of benzene rings is 2. The second-order valence-corrected chi connectivity index (χ2v) is 6.03. The number of esters is 1. The molecule has 0 aliphatic carbocycles. The maximum atomic E-state index is 12.2. The summed E-state index contributed by atoms with van der Waals surface area (Å²) < 4.78 is 15.4. The van der Waals surface area contributed by atoms with Crippen LogP contribution < -0.4 is 14.8 Å². The molecule has 27 heavy (non-hydrogen) atoms. The number of nitrogens with one attached hydrogen (secondary N) is 1. The van der Waals surface area contributed by atoms with Crippen molar-refractivity contribution in [2.75, 3.05) is 20.8 Å². The molecule has 144 valence electrons. The minimum Gasteiger partial charge on any atom is -0.493 e. The molecule has 0 radical (unpaired) electrons.